The van der Waals surface area contributed by atoms with Gasteiger partial charge in [0.05, 0.1) is 24.1 Å². The fraction of sp³-hybridized carbons (Fsp3) is 0.273. The Bertz CT molecular complexity index is 1080. The van der Waals surface area contributed by atoms with E-state index in [0.717, 1.165) is 16.7 Å². The van der Waals surface area contributed by atoms with E-state index >= 15 is 0 Å². The summed E-state index contributed by atoms with van der Waals surface area (Å²) in [4.78, 5) is 45.9. The van der Waals surface area contributed by atoms with Crippen LogP contribution in [0.3, 0.4) is 0 Å². The molecule has 1 aliphatic rings. The molecule has 0 spiro atoms. The summed E-state index contributed by atoms with van der Waals surface area (Å²) in [5.74, 6) is 0.0169. The second-order valence-corrected chi connectivity index (χ2v) is 7.30. The van der Waals surface area contributed by atoms with Crippen LogP contribution in [-0.4, -0.2) is 47.9 Å². The lowest BCUT2D eigenvalue weighted by atomic mass is 10.1. The maximum Gasteiger partial charge on any atom is 0.228 e. The highest BCUT2D eigenvalue weighted by molar-refractivity contribution is 6.00. The maximum absolute atomic E-state index is 12.5. The Morgan fingerprint density at radius 2 is 1.97 bits per heavy atom. The first kappa shape index (κ1) is 20.4. The molecule has 9 nitrogen and oxygen atoms in total. The number of nitrogens with zero attached hydrogens (tertiary/aromatic N) is 2. The number of aromatic amines is 1. The predicted molar refractivity (Wildman–Crippen MR) is 116 cm³/mol. The molecule has 3 aromatic rings. The number of rotatable bonds is 7. The lowest BCUT2D eigenvalue weighted by Gasteiger charge is -2.17. The second kappa shape index (κ2) is 8.86. The number of amides is 3. The predicted octanol–water partition coefficient (Wildman–Crippen LogP) is 2.07. The van der Waals surface area contributed by atoms with Gasteiger partial charge in [0, 0.05) is 31.6 Å². The minimum Gasteiger partial charge on any atom is -0.497 e. The molecule has 1 aliphatic heterocycles. The van der Waals surface area contributed by atoms with Gasteiger partial charge in [-0.25, -0.2) is 4.98 Å². The number of para-hydroxylation sites is 2. The molecular weight excluding hydrogens is 398 g/mol. The maximum atomic E-state index is 12.5. The van der Waals surface area contributed by atoms with E-state index in [4.69, 9.17) is 4.74 Å². The fourth-order valence-corrected chi connectivity index (χ4v) is 3.55. The number of fused-ring (bicyclic) bond motifs is 1. The van der Waals surface area contributed by atoms with E-state index in [0.29, 0.717) is 18.2 Å². The number of carbonyl (C=O) groups excluding carboxylic acids is 3. The van der Waals surface area contributed by atoms with Gasteiger partial charge in [0.1, 0.15) is 5.75 Å². The Morgan fingerprint density at radius 1 is 1.19 bits per heavy atom. The molecular formula is C22H23N5O4. The average Bonchev–Trinajstić information content (AvgIpc) is 3.36. The Hall–Kier alpha value is -3.88. The fourth-order valence-electron chi connectivity index (χ4n) is 3.55. The van der Waals surface area contributed by atoms with Crippen LogP contribution in [0.4, 0.5) is 11.6 Å². The molecule has 9 heteroatoms. The first-order valence-corrected chi connectivity index (χ1v) is 10.00. The van der Waals surface area contributed by atoms with Crippen LogP contribution in [-0.2, 0) is 14.4 Å². The Morgan fingerprint density at radius 3 is 2.71 bits per heavy atom. The Balaban J connectivity index is 1.24. The van der Waals surface area contributed by atoms with Crippen molar-refractivity contribution >= 4 is 40.4 Å². The number of imidazole rings is 1. The van der Waals surface area contributed by atoms with Crippen LogP contribution in [0.2, 0.25) is 0 Å². The average molecular weight is 421 g/mol. The molecule has 0 radical (unpaired) electrons. The van der Waals surface area contributed by atoms with Crippen LogP contribution in [0.15, 0.2) is 48.5 Å². The minimum absolute atomic E-state index is 0.103. The van der Waals surface area contributed by atoms with Gasteiger partial charge in [0.25, 0.3) is 0 Å². The highest BCUT2D eigenvalue weighted by Gasteiger charge is 2.35. The van der Waals surface area contributed by atoms with E-state index in [1.807, 2.05) is 24.3 Å². The quantitative estimate of drug-likeness (QED) is 0.540. The summed E-state index contributed by atoms with van der Waals surface area (Å²) in [6.07, 6.45) is 0.245. The van der Waals surface area contributed by atoms with Crippen molar-refractivity contribution in [3.63, 3.8) is 0 Å². The highest BCUT2D eigenvalue weighted by Crippen LogP contribution is 2.26. The van der Waals surface area contributed by atoms with Crippen molar-refractivity contribution in [1.29, 1.82) is 0 Å². The van der Waals surface area contributed by atoms with Gasteiger partial charge in [-0.2, -0.15) is 0 Å². The van der Waals surface area contributed by atoms with Gasteiger partial charge in [0.2, 0.25) is 23.7 Å². The molecule has 160 valence electrons. The number of hydrogen-bond acceptors (Lipinski definition) is 5. The van der Waals surface area contributed by atoms with E-state index in [-0.39, 0.29) is 37.1 Å². The van der Waals surface area contributed by atoms with Crippen molar-refractivity contribution in [2.24, 2.45) is 5.92 Å². The van der Waals surface area contributed by atoms with Gasteiger partial charge < -0.3 is 19.9 Å². The summed E-state index contributed by atoms with van der Waals surface area (Å²) in [5, 5.41) is 5.44. The minimum atomic E-state index is -0.451. The van der Waals surface area contributed by atoms with Crippen LogP contribution in [0.5, 0.6) is 5.75 Å². The van der Waals surface area contributed by atoms with E-state index in [1.54, 1.807) is 36.3 Å². The van der Waals surface area contributed by atoms with Gasteiger partial charge in [-0.15, -0.1) is 0 Å². The van der Waals surface area contributed by atoms with Crippen molar-refractivity contribution in [1.82, 2.24) is 15.3 Å². The first-order chi connectivity index (χ1) is 15.0. The molecule has 3 N–H and O–H groups in total. The van der Waals surface area contributed by atoms with Gasteiger partial charge in [-0.3, -0.25) is 19.7 Å². The monoisotopic (exact) mass is 421 g/mol. The van der Waals surface area contributed by atoms with Crippen molar-refractivity contribution < 1.29 is 19.1 Å². The highest BCUT2D eigenvalue weighted by atomic mass is 16.5. The van der Waals surface area contributed by atoms with E-state index in [2.05, 4.69) is 20.6 Å². The van der Waals surface area contributed by atoms with Crippen LogP contribution in [0.1, 0.15) is 12.8 Å². The number of hydrogen-bond donors (Lipinski definition) is 3. The first-order valence-electron chi connectivity index (χ1n) is 10.00. The molecule has 2 heterocycles. The number of H-pyrrole nitrogens is 1. The number of methoxy groups -OCH3 is 1. The third kappa shape index (κ3) is 4.66. The number of carbonyl (C=O) groups is 3. The summed E-state index contributed by atoms with van der Waals surface area (Å²) >= 11 is 0. The zero-order valence-corrected chi connectivity index (χ0v) is 17.1. The second-order valence-electron chi connectivity index (χ2n) is 7.30. The molecule has 3 amide bonds. The third-order valence-electron chi connectivity index (χ3n) is 5.18. The lowest BCUT2D eigenvalue weighted by Crippen LogP contribution is -2.34. The smallest absolute Gasteiger partial charge is 0.228 e. The molecule has 1 aromatic heterocycles. The molecule has 0 saturated carbocycles. The number of anilines is 2. The number of aromatic nitrogens is 2. The van der Waals surface area contributed by atoms with Crippen molar-refractivity contribution in [2.45, 2.75) is 12.8 Å². The molecule has 0 aliphatic carbocycles. The molecule has 2 aromatic carbocycles. The SMILES string of the molecule is COc1ccc(N2C[C@@H](C(=O)NCCC(=O)Nc3nc4ccccc4[nH]3)CC2=O)cc1. The molecule has 4 rings (SSSR count). The molecule has 31 heavy (non-hydrogen) atoms. The number of benzene rings is 2. The van der Waals surface area contributed by atoms with Gasteiger partial charge in [-0.05, 0) is 36.4 Å². The zero-order valence-electron chi connectivity index (χ0n) is 17.1. The van der Waals surface area contributed by atoms with Crippen LogP contribution in [0.25, 0.3) is 11.0 Å². The van der Waals surface area contributed by atoms with E-state index in [1.165, 1.54) is 0 Å². The summed E-state index contributed by atoms with van der Waals surface area (Å²) in [7, 11) is 1.58. The van der Waals surface area contributed by atoms with Crippen molar-refractivity contribution in [2.75, 3.05) is 30.4 Å². The molecule has 1 fully saturated rings. The zero-order chi connectivity index (χ0) is 21.8. The Labute approximate surface area is 178 Å². The van der Waals surface area contributed by atoms with Crippen LogP contribution in [0, 0.1) is 5.92 Å². The number of ether oxygens (including phenoxy) is 1. The lowest BCUT2D eigenvalue weighted by molar-refractivity contribution is -0.126. The topological polar surface area (TPSA) is 116 Å². The van der Waals surface area contributed by atoms with Gasteiger partial charge >= 0.3 is 0 Å². The van der Waals surface area contributed by atoms with Gasteiger partial charge in [-0.1, -0.05) is 12.1 Å². The van der Waals surface area contributed by atoms with E-state index in [9.17, 15) is 14.4 Å². The standard InChI is InChI=1S/C22H23N5O4/c1-31-16-8-6-15(7-9-16)27-13-14(12-20(27)29)21(30)23-11-10-19(28)26-22-24-17-4-2-3-5-18(17)25-22/h2-9,14H,10-13H2,1H3,(H,23,30)(H2,24,25,26,28)/t14-/m0/s1. The Kier molecular flexibility index (Phi) is 5.83. The van der Waals surface area contributed by atoms with Crippen LogP contribution < -0.4 is 20.3 Å². The van der Waals surface area contributed by atoms with Crippen molar-refractivity contribution in [3.05, 3.63) is 48.5 Å². The summed E-state index contributed by atoms with van der Waals surface area (Å²) in [6, 6.07) is 14.6. The largest absolute Gasteiger partial charge is 0.497 e. The molecule has 0 bridgehead atoms. The summed E-state index contributed by atoms with van der Waals surface area (Å²) in [6.45, 7) is 0.486. The van der Waals surface area contributed by atoms with Crippen LogP contribution >= 0.6 is 0 Å². The third-order valence-corrected chi connectivity index (χ3v) is 5.18. The summed E-state index contributed by atoms with van der Waals surface area (Å²) in [5.41, 5.74) is 2.32. The molecule has 0 unspecified atom stereocenters. The molecule has 1 saturated heterocycles. The van der Waals surface area contributed by atoms with Gasteiger partial charge in [0.15, 0.2) is 0 Å². The van der Waals surface area contributed by atoms with Crippen molar-refractivity contribution in [3.8, 4) is 5.75 Å². The number of nitrogens with one attached hydrogen (secondary N) is 3. The molecule has 1 atom stereocenters. The van der Waals surface area contributed by atoms with E-state index < -0.39 is 5.92 Å². The summed E-state index contributed by atoms with van der Waals surface area (Å²) < 4.78 is 5.13. The normalized spacial score (nSPS) is 15.8.